The Kier molecular flexibility index (Phi) is 7.09. The Balaban J connectivity index is 1.51. The van der Waals surface area contributed by atoms with Crippen LogP contribution in [0.25, 0.3) is 5.82 Å². The third kappa shape index (κ3) is 5.31. The highest BCUT2D eigenvalue weighted by atomic mass is 32.2. The van der Waals surface area contributed by atoms with Gasteiger partial charge in [-0.2, -0.15) is 9.40 Å². The van der Waals surface area contributed by atoms with Gasteiger partial charge in [-0.1, -0.05) is 50.2 Å². The Bertz CT molecular complexity index is 1400. The van der Waals surface area contributed by atoms with Gasteiger partial charge in [0.25, 0.3) is 5.91 Å². The lowest BCUT2D eigenvalue weighted by Gasteiger charge is -2.17. The Labute approximate surface area is 205 Å². The number of hydrogen-bond acceptors (Lipinski definition) is 5. The zero-order valence-corrected chi connectivity index (χ0v) is 20.6. The molecule has 0 radical (unpaired) electrons. The first-order valence-corrected chi connectivity index (χ1v) is 12.6. The summed E-state index contributed by atoms with van der Waals surface area (Å²) in [6, 6.07) is 21.1. The SMILES string of the molecule is CC(C)c1c(C(=O)Nc2ccc(S(=O)(=O)N(C)Cc3ccccc3)cc2)cnn1-c1ccccn1. The highest BCUT2D eigenvalue weighted by Crippen LogP contribution is 2.24. The van der Waals surface area contributed by atoms with Crippen molar-refractivity contribution in [2.45, 2.75) is 31.2 Å². The van der Waals surface area contributed by atoms with Crippen LogP contribution >= 0.6 is 0 Å². The number of amides is 1. The predicted octanol–water partition coefficient (Wildman–Crippen LogP) is 4.46. The van der Waals surface area contributed by atoms with Gasteiger partial charge in [-0.05, 0) is 47.9 Å². The average Bonchev–Trinajstić information content (AvgIpc) is 3.31. The monoisotopic (exact) mass is 489 g/mol. The van der Waals surface area contributed by atoms with Gasteiger partial charge in [0.1, 0.15) is 0 Å². The quantitative estimate of drug-likeness (QED) is 0.394. The maximum Gasteiger partial charge on any atom is 0.259 e. The van der Waals surface area contributed by atoms with E-state index in [1.807, 2.05) is 62.4 Å². The average molecular weight is 490 g/mol. The Morgan fingerprint density at radius 1 is 1.00 bits per heavy atom. The lowest BCUT2D eigenvalue weighted by atomic mass is 10.1. The third-order valence-electron chi connectivity index (χ3n) is 5.53. The molecule has 9 heteroatoms. The van der Waals surface area contributed by atoms with Crippen molar-refractivity contribution in [2.75, 3.05) is 12.4 Å². The number of sulfonamides is 1. The number of aromatic nitrogens is 3. The van der Waals surface area contributed by atoms with E-state index in [1.165, 1.54) is 22.6 Å². The molecule has 0 aliphatic heterocycles. The van der Waals surface area contributed by atoms with E-state index in [2.05, 4.69) is 15.4 Å². The highest BCUT2D eigenvalue weighted by molar-refractivity contribution is 7.89. The number of nitrogens with zero attached hydrogens (tertiary/aromatic N) is 4. The van der Waals surface area contributed by atoms with Crippen LogP contribution in [0.5, 0.6) is 0 Å². The van der Waals surface area contributed by atoms with Crippen LogP contribution in [0.15, 0.2) is 90.1 Å². The fourth-order valence-electron chi connectivity index (χ4n) is 3.76. The molecule has 35 heavy (non-hydrogen) atoms. The van der Waals surface area contributed by atoms with E-state index in [4.69, 9.17) is 0 Å². The first-order valence-electron chi connectivity index (χ1n) is 11.2. The van der Waals surface area contributed by atoms with Gasteiger partial charge >= 0.3 is 0 Å². The molecular weight excluding hydrogens is 462 g/mol. The standard InChI is InChI=1S/C26H27N5O3S/c1-19(2)25-23(17-28-31(25)24-11-7-8-16-27-24)26(32)29-21-12-14-22(15-13-21)35(33,34)30(3)18-20-9-5-4-6-10-20/h4-17,19H,18H2,1-3H3,(H,29,32). The molecule has 0 aliphatic rings. The molecule has 0 fully saturated rings. The van der Waals surface area contributed by atoms with Crippen molar-refractivity contribution in [3.63, 3.8) is 0 Å². The largest absolute Gasteiger partial charge is 0.322 e. The molecule has 0 unspecified atom stereocenters. The fourth-order valence-corrected chi connectivity index (χ4v) is 4.92. The number of pyridine rings is 1. The van der Waals surface area contributed by atoms with Gasteiger partial charge in [0.05, 0.1) is 22.3 Å². The van der Waals surface area contributed by atoms with Gasteiger partial charge in [0.15, 0.2) is 5.82 Å². The summed E-state index contributed by atoms with van der Waals surface area (Å²) in [7, 11) is -2.13. The summed E-state index contributed by atoms with van der Waals surface area (Å²) >= 11 is 0. The zero-order chi connectivity index (χ0) is 25.0. The molecule has 1 amide bonds. The number of carbonyl (C=O) groups is 1. The molecule has 0 atom stereocenters. The topological polar surface area (TPSA) is 97.2 Å². The molecule has 0 spiro atoms. The van der Waals surface area contributed by atoms with Crippen LogP contribution in [0.3, 0.4) is 0 Å². The number of rotatable bonds is 8. The number of carbonyl (C=O) groups excluding carboxylic acids is 1. The van der Waals surface area contributed by atoms with Crippen LogP contribution in [-0.2, 0) is 16.6 Å². The zero-order valence-electron chi connectivity index (χ0n) is 19.8. The fraction of sp³-hybridized carbons (Fsp3) is 0.192. The molecule has 2 aromatic heterocycles. The summed E-state index contributed by atoms with van der Waals surface area (Å²) in [5.41, 5.74) is 2.56. The van der Waals surface area contributed by atoms with Crippen molar-refractivity contribution in [2.24, 2.45) is 0 Å². The van der Waals surface area contributed by atoms with Gasteiger partial charge in [-0.3, -0.25) is 4.79 Å². The summed E-state index contributed by atoms with van der Waals surface area (Å²) in [6.45, 7) is 4.23. The van der Waals surface area contributed by atoms with E-state index in [0.29, 0.717) is 17.1 Å². The molecule has 0 saturated carbocycles. The van der Waals surface area contributed by atoms with Crippen molar-refractivity contribution >= 4 is 21.6 Å². The van der Waals surface area contributed by atoms with Crippen molar-refractivity contribution < 1.29 is 13.2 Å². The number of hydrogen-bond donors (Lipinski definition) is 1. The number of anilines is 1. The molecule has 4 rings (SSSR count). The van der Waals surface area contributed by atoms with E-state index in [9.17, 15) is 13.2 Å². The molecular formula is C26H27N5O3S. The normalized spacial score (nSPS) is 11.7. The summed E-state index contributed by atoms with van der Waals surface area (Å²) in [5, 5.41) is 7.22. The van der Waals surface area contributed by atoms with Crippen molar-refractivity contribution in [3.05, 3.63) is 102 Å². The first kappa shape index (κ1) is 24.3. The number of nitrogens with one attached hydrogen (secondary N) is 1. The van der Waals surface area contributed by atoms with E-state index in [0.717, 1.165) is 11.3 Å². The number of benzene rings is 2. The minimum absolute atomic E-state index is 0.0212. The van der Waals surface area contributed by atoms with E-state index in [1.54, 1.807) is 30.1 Å². The highest BCUT2D eigenvalue weighted by Gasteiger charge is 2.23. The van der Waals surface area contributed by atoms with Gasteiger partial charge < -0.3 is 5.32 Å². The van der Waals surface area contributed by atoms with Crippen LogP contribution < -0.4 is 5.32 Å². The minimum atomic E-state index is -3.68. The second-order valence-corrected chi connectivity index (χ2v) is 10.5. The molecule has 2 heterocycles. The summed E-state index contributed by atoms with van der Waals surface area (Å²) in [4.78, 5) is 17.5. The van der Waals surface area contributed by atoms with Gasteiger partial charge in [0.2, 0.25) is 10.0 Å². The van der Waals surface area contributed by atoms with Gasteiger partial charge in [-0.15, -0.1) is 0 Å². The predicted molar refractivity (Wildman–Crippen MR) is 135 cm³/mol. The van der Waals surface area contributed by atoms with Crippen LogP contribution in [0.1, 0.15) is 41.4 Å². The molecule has 8 nitrogen and oxygen atoms in total. The molecule has 2 aromatic carbocycles. The van der Waals surface area contributed by atoms with Crippen LogP contribution in [0, 0.1) is 0 Å². The first-order chi connectivity index (χ1) is 16.8. The van der Waals surface area contributed by atoms with Crippen LogP contribution in [0.2, 0.25) is 0 Å². The second kappa shape index (κ2) is 10.2. The van der Waals surface area contributed by atoms with Crippen molar-refractivity contribution in [1.29, 1.82) is 0 Å². The smallest absolute Gasteiger partial charge is 0.259 e. The Morgan fingerprint density at radius 2 is 1.69 bits per heavy atom. The maximum absolute atomic E-state index is 13.1. The Morgan fingerprint density at radius 3 is 2.31 bits per heavy atom. The second-order valence-electron chi connectivity index (χ2n) is 8.42. The summed E-state index contributed by atoms with van der Waals surface area (Å²) < 4.78 is 28.9. The van der Waals surface area contributed by atoms with Gasteiger partial charge in [-0.25, -0.2) is 18.1 Å². The molecule has 0 saturated heterocycles. The molecule has 0 bridgehead atoms. The molecule has 1 N–H and O–H groups in total. The lowest BCUT2D eigenvalue weighted by Crippen LogP contribution is -2.26. The molecule has 4 aromatic rings. The van der Waals surface area contributed by atoms with Crippen LogP contribution in [0.4, 0.5) is 5.69 Å². The van der Waals surface area contributed by atoms with Crippen molar-refractivity contribution in [1.82, 2.24) is 19.1 Å². The van der Waals surface area contributed by atoms with Gasteiger partial charge in [0, 0.05) is 25.5 Å². The summed E-state index contributed by atoms with van der Waals surface area (Å²) in [6.07, 6.45) is 3.20. The molecule has 180 valence electrons. The lowest BCUT2D eigenvalue weighted by molar-refractivity contribution is 0.102. The van der Waals surface area contributed by atoms with Crippen molar-refractivity contribution in [3.8, 4) is 5.82 Å². The molecule has 0 aliphatic carbocycles. The Hall–Kier alpha value is -3.82. The van der Waals surface area contributed by atoms with Crippen LogP contribution in [-0.4, -0.2) is 40.4 Å². The third-order valence-corrected chi connectivity index (χ3v) is 7.35. The van der Waals surface area contributed by atoms with E-state index >= 15 is 0 Å². The maximum atomic E-state index is 13.1. The summed E-state index contributed by atoms with van der Waals surface area (Å²) in [5.74, 6) is 0.324. The minimum Gasteiger partial charge on any atom is -0.322 e. The van der Waals surface area contributed by atoms with E-state index < -0.39 is 10.0 Å². The van der Waals surface area contributed by atoms with E-state index in [-0.39, 0.29) is 23.3 Å².